The van der Waals surface area contributed by atoms with Gasteiger partial charge in [-0.25, -0.2) is 0 Å². The molecule has 0 atom stereocenters. The van der Waals surface area contributed by atoms with Gasteiger partial charge in [-0.3, -0.25) is 4.79 Å². The second kappa shape index (κ2) is 9.86. The Labute approximate surface area is 165 Å². The van der Waals surface area contributed by atoms with E-state index in [0.717, 1.165) is 41.8 Å². The first-order valence-electron chi connectivity index (χ1n) is 8.85. The Bertz CT molecular complexity index is 729. The number of halogens is 1. The molecule has 26 heavy (non-hydrogen) atoms. The van der Waals surface area contributed by atoms with Crippen molar-refractivity contribution in [2.45, 2.75) is 19.9 Å². The molecule has 0 aliphatic rings. The lowest BCUT2D eigenvalue weighted by Gasteiger charge is -2.18. The number of aryl methyl sites for hydroxylation is 1. The quantitative estimate of drug-likeness (QED) is 0.691. The molecule has 0 bridgehead atoms. The highest BCUT2D eigenvalue weighted by Gasteiger charge is 2.08. The minimum absolute atomic E-state index is 0.0911. The summed E-state index contributed by atoms with van der Waals surface area (Å²) >= 11 is 3.49. The number of benzene rings is 2. The second-order valence-electron chi connectivity index (χ2n) is 7.01. The predicted molar refractivity (Wildman–Crippen MR) is 113 cm³/mol. The third kappa shape index (κ3) is 6.56. The van der Waals surface area contributed by atoms with E-state index in [1.165, 1.54) is 5.56 Å². The highest BCUT2D eigenvalue weighted by atomic mass is 79.9. The van der Waals surface area contributed by atoms with Crippen LogP contribution in [-0.4, -0.2) is 49.9 Å². The highest BCUT2D eigenvalue weighted by molar-refractivity contribution is 9.10. The standard InChI is InChI=1S/C21H28BrN3O/c1-16-6-11-19(14-20(16)22)23-21(26)18-9-7-17(8-10-18)15-25(4)13-5-12-24(2)3/h6-11,14H,5,12-13,15H2,1-4H3,(H,23,26). The second-order valence-corrected chi connectivity index (χ2v) is 7.86. The summed E-state index contributed by atoms with van der Waals surface area (Å²) in [6.07, 6.45) is 1.15. The molecule has 0 aliphatic heterocycles. The Hall–Kier alpha value is -1.69. The van der Waals surface area contributed by atoms with E-state index in [2.05, 4.69) is 52.2 Å². The van der Waals surface area contributed by atoms with Gasteiger partial charge in [-0.05, 0) is 83.0 Å². The lowest BCUT2D eigenvalue weighted by atomic mass is 10.1. The summed E-state index contributed by atoms with van der Waals surface area (Å²) in [5.74, 6) is -0.0911. The maximum Gasteiger partial charge on any atom is 0.255 e. The monoisotopic (exact) mass is 417 g/mol. The van der Waals surface area contributed by atoms with Crippen LogP contribution < -0.4 is 5.32 Å². The van der Waals surface area contributed by atoms with Crippen molar-refractivity contribution in [3.8, 4) is 0 Å². The zero-order valence-electron chi connectivity index (χ0n) is 16.1. The van der Waals surface area contributed by atoms with E-state index in [0.29, 0.717) is 5.56 Å². The fraction of sp³-hybridized carbons (Fsp3) is 0.381. The minimum Gasteiger partial charge on any atom is -0.322 e. The van der Waals surface area contributed by atoms with E-state index in [4.69, 9.17) is 0 Å². The number of hydrogen-bond donors (Lipinski definition) is 1. The lowest BCUT2D eigenvalue weighted by molar-refractivity contribution is 0.102. The Morgan fingerprint density at radius 3 is 2.35 bits per heavy atom. The largest absolute Gasteiger partial charge is 0.322 e. The first-order valence-corrected chi connectivity index (χ1v) is 9.64. The summed E-state index contributed by atoms with van der Waals surface area (Å²) in [4.78, 5) is 16.9. The molecule has 0 radical (unpaired) electrons. The van der Waals surface area contributed by atoms with E-state index in [1.807, 2.05) is 49.4 Å². The smallest absolute Gasteiger partial charge is 0.255 e. The van der Waals surface area contributed by atoms with Gasteiger partial charge in [-0.15, -0.1) is 0 Å². The van der Waals surface area contributed by atoms with Gasteiger partial charge in [0, 0.05) is 22.3 Å². The van der Waals surface area contributed by atoms with E-state index in [1.54, 1.807) is 0 Å². The van der Waals surface area contributed by atoms with Crippen LogP contribution in [0.4, 0.5) is 5.69 Å². The van der Waals surface area contributed by atoms with Crippen molar-refractivity contribution in [2.24, 2.45) is 0 Å². The number of anilines is 1. The molecule has 2 aromatic carbocycles. The molecule has 5 heteroatoms. The first-order chi connectivity index (χ1) is 12.3. The van der Waals surface area contributed by atoms with Crippen LogP contribution >= 0.6 is 15.9 Å². The molecule has 4 nitrogen and oxygen atoms in total. The Morgan fingerprint density at radius 1 is 1.04 bits per heavy atom. The molecular formula is C21H28BrN3O. The molecular weight excluding hydrogens is 390 g/mol. The predicted octanol–water partition coefficient (Wildman–Crippen LogP) is 4.39. The van der Waals surface area contributed by atoms with Gasteiger partial charge in [0.1, 0.15) is 0 Å². The molecule has 0 unspecified atom stereocenters. The van der Waals surface area contributed by atoms with Crippen molar-refractivity contribution in [2.75, 3.05) is 39.5 Å². The topological polar surface area (TPSA) is 35.6 Å². The van der Waals surface area contributed by atoms with Crippen molar-refractivity contribution in [3.05, 3.63) is 63.6 Å². The molecule has 2 rings (SSSR count). The van der Waals surface area contributed by atoms with Crippen LogP contribution in [0.5, 0.6) is 0 Å². The number of amides is 1. The SMILES string of the molecule is Cc1ccc(NC(=O)c2ccc(CN(C)CCCN(C)C)cc2)cc1Br. The molecule has 1 amide bonds. The zero-order valence-corrected chi connectivity index (χ0v) is 17.6. The molecule has 140 valence electrons. The molecule has 0 saturated carbocycles. The van der Waals surface area contributed by atoms with Crippen LogP contribution in [0, 0.1) is 6.92 Å². The van der Waals surface area contributed by atoms with Gasteiger partial charge >= 0.3 is 0 Å². The average Bonchev–Trinajstić information content (AvgIpc) is 2.58. The van der Waals surface area contributed by atoms with Crippen molar-refractivity contribution < 1.29 is 4.79 Å². The van der Waals surface area contributed by atoms with Gasteiger partial charge in [0.15, 0.2) is 0 Å². The Balaban J connectivity index is 1.89. The van der Waals surface area contributed by atoms with Crippen LogP contribution in [0.1, 0.15) is 27.9 Å². The van der Waals surface area contributed by atoms with Crippen molar-refractivity contribution in [1.29, 1.82) is 0 Å². The lowest BCUT2D eigenvalue weighted by Crippen LogP contribution is -2.23. The first kappa shape index (κ1) is 20.6. The summed E-state index contributed by atoms with van der Waals surface area (Å²) in [5.41, 5.74) is 3.81. The van der Waals surface area contributed by atoms with Crippen molar-refractivity contribution >= 4 is 27.5 Å². The molecule has 0 aromatic heterocycles. The van der Waals surface area contributed by atoms with Gasteiger partial charge in [0.05, 0.1) is 0 Å². The van der Waals surface area contributed by atoms with E-state index in [-0.39, 0.29) is 5.91 Å². The van der Waals surface area contributed by atoms with Crippen LogP contribution in [0.3, 0.4) is 0 Å². The summed E-state index contributed by atoms with van der Waals surface area (Å²) in [6.45, 7) is 5.06. The normalized spacial score (nSPS) is 11.2. The third-order valence-corrected chi connectivity index (χ3v) is 5.10. The van der Waals surface area contributed by atoms with Gasteiger partial charge in [-0.2, -0.15) is 0 Å². The number of nitrogens with zero attached hydrogens (tertiary/aromatic N) is 2. The van der Waals surface area contributed by atoms with Gasteiger partial charge in [0.25, 0.3) is 5.91 Å². The molecule has 0 heterocycles. The summed E-state index contributed by atoms with van der Waals surface area (Å²) in [7, 11) is 6.32. The van der Waals surface area contributed by atoms with Crippen molar-refractivity contribution in [1.82, 2.24) is 9.80 Å². The van der Waals surface area contributed by atoms with Crippen LogP contribution in [0.2, 0.25) is 0 Å². The van der Waals surface area contributed by atoms with Gasteiger partial charge in [-0.1, -0.05) is 34.1 Å². The Morgan fingerprint density at radius 2 is 1.73 bits per heavy atom. The van der Waals surface area contributed by atoms with Crippen LogP contribution in [0.25, 0.3) is 0 Å². The number of rotatable bonds is 8. The average molecular weight is 418 g/mol. The summed E-state index contributed by atoms with van der Waals surface area (Å²) < 4.78 is 0.989. The number of hydrogen-bond acceptors (Lipinski definition) is 3. The van der Waals surface area contributed by atoms with Gasteiger partial charge in [0.2, 0.25) is 0 Å². The van der Waals surface area contributed by atoms with Crippen LogP contribution in [-0.2, 0) is 6.54 Å². The van der Waals surface area contributed by atoms with E-state index in [9.17, 15) is 4.79 Å². The molecule has 1 N–H and O–H groups in total. The summed E-state index contributed by atoms with van der Waals surface area (Å²) in [5, 5.41) is 2.94. The zero-order chi connectivity index (χ0) is 19.1. The van der Waals surface area contributed by atoms with E-state index < -0.39 is 0 Å². The number of nitrogens with one attached hydrogen (secondary N) is 1. The number of carbonyl (C=O) groups excluding carboxylic acids is 1. The van der Waals surface area contributed by atoms with Crippen LogP contribution in [0.15, 0.2) is 46.9 Å². The molecule has 0 aliphatic carbocycles. The number of carbonyl (C=O) groups is 1. The van der Waals surface area contributed by atoms with Crippen molar-refractivity contribution in [3.63, 3.8) is 0 Å². The molecule has 0 fully saturated rings. The maximum atomic E-state index is 12.4. The minimum atomic E-state index is -0.0911. The Kier molecular flexibility index (Phi) is 7.82. The van der Waals surface area contributed by atoms with E-state index >= 15 is 0 Å². The fourth-order valence-corrected chi connectivity index (χ4v) is 3.06. The maximum absolute atomic E-state index is 12.4. The van der Waals surface area contributed by atoms with Gasteiger partial charge < -0.3 is 15.1 Å². The molecule has 0 saturated heterocycles. The third-order valence-electron chi connectivity index (χ3n) is 4.24. The molecule has 0 spiro atoms. The summed E-state index contributed by atoms with van der Waals surface area (Å²) in [6, 6.07) is 13.7. The highest BCUT2D eigenvalue weighted by Crippen LogP contribution is 2.21. The molecule has 2 aromatic rings. The fourth-order valence-electron chi connectivity index (χ4n) is 2.68.